The van der Waals surface area contributed by atoms with Gasteiger partial charge in [0.25, 0.3) is 0 Å². The summed E-state index contributed by atoms with van der Waals surface area (Å²) in [6, 6.07) is 3.52. The first-order valence-electron chi connectivity index (χ1n) is 4.68. The van der Waals surface area contributed by atoms with Crippen LogP contribution < -0.4 is 5.73 Å². The number of hydrogen-bond donors (Lipinski definition) is 1. The first kappa shape index (κ1) is 11.7. The van der Waals surface area contributed by atoms with Crippen LogP contribution in [0.3, 0.4) is 0 Å². The second kappa shape index (κ2) is 4.41. The third-order valence-electron chi connectivity index (χ3n) is 2.23. The average Bonchev–Trinajstić information content (AvgIpc) is 2.08. The molecule has 78 valence electrons. The molecule has 0 radical (unpaired) electrons. The Labute approximate surface area is 92.6 Å². The number of hydrogen-bond acceptors (Lipinski definition) is 1. The van der Waals surface area contributed by atoms with Crippen LogP contribution in [0.5, 0.6) is 0 Å². The molecule has 1 nitrogen and oxygen atoms in total. The fraction of sp³-hybridized carbons (Fsp3) is 0.455. The van der Waals surface area contributed by atoms with Gasteiger partial charge in [0.05, 0.1) is 4.47 Å². The fourth-order valence-corrected chi connectivity index (χ4v) is 1.81. The fourth-order valence-electron chi connectivity index (χ4n) is 1.32. The van der Waals surface area contributed by atoms with Crippen LogP contribution in [-0.4, -0.2) is 0 Å². The zero-order valence-corrected chi connectivity index (χ0v) is 10.2. The highest BCUT2D eigenvalue weighted by atomic mass is 79.9. The lowest BCUT2D eigenvalue weighted by Crippen LogP contribution is -2.07. The average molecular weight is 260 g/mol. The third kappa shape index (κ3) is 2.34. The van der Waals surface area contributed by atoms with Crippen molar-refractivity contribution in [1.29, 1.82) is 0 Å². The van der Waals surface area contributed by atoms with Crippen molar-refractivity contribution in [1.82, 2.24) is 0 Å². The molecule has 0 saturated carbocycles. The second-order valence-electron chi connectivity index (χ2n) is 3.85. The van der Waals surface area contributed by atoms with E-state index in [1.54, 1.807) is 6.07 Å². The van der Waals surface area contributed by atoms with Crippen molar-refractivity contribution in [3.05, 3.63) is 33.5 Å². The minimum Gasteiger partial charge on any atom is -0.324 e. The molecule has 0 aliphatic carbocycles. The zero-order valence-electron chi connectivity index (χ0n) is 8.64. The van der Waals surface area contributed by atoms with Crippen LogP contribution in [0.1, 0.15) is 43.9 Å². The Kier molecular flexibility index (Phi) is 3.67. The molecule has 1 aromatic rings. The highest BCUT2D eigenvalue weighted by molar-refractivity contribution is 9.10. The van der Waals surface area contributed by atoms with Crippen molar-refractivity contribution in [2.45, 2.75) is 32.7 Å². The second-order valence-corrected chi connectivity index (χ2v) is 4.70. The van der Waals surface area contributed by atoms with E-state index in [1.165, 1.54) is 0 Å². The maximum absolute atomic E-state index is 13.6. The van der Waals surface area contributed by atoms with E-state index in [0.717, 1.165) is 5.56 Å². The van der Waals surface area contributed by atoms with Crippen molar-refractivity contribution in [2.24, 2.45) is 5.73 Å². The largest absolute Gasteiger partial charge is 0.324 e. The Morgan fingerprint density at radius 2 is 1.86 bits per heavy atom. The van der Waals surface area contributed by atoms with Gasteiger partial charge in [-0.15, -0.1) is 0 Å². The molecule has 0 aliphatic heterocycles. The van der Waals surface area contributed by atoms with E-state index in [9.17, 15) is 4.39 Å². The van der Waals surface area contributed by atoms with Gasteiger partial charge >= 0.3 is 0 Å². The van der Waals surface area contributed by atoms with Gasteiger partial charge < -0.3 is 5.73 Å². The molecule has 0 fully saturated rings. The lowest BCUT2D eigenvalue weighted by molar-refractivity contribution is 0.589. The smallest absolute Gasteiger partial charge is 0.140 e. The number of nitrogens with two attached hydrogens (primary N) is 1. The minimum atomic E-state index is -0.176. The lowest BCUT2D eigenvalue weighted by atomic mass is 9.98. The molecule has 1 aromatic carbocycles. The molecule has 2 N–H and O–H groups in total. The number of rotatable bonds is 2. The molecular formula is C11H15BrFN. The maximum atomic E-state index is 13.6. The summed E-state index contributed by atoms with van der Waals surface area (Å²) in [5.41, 5.74) is 7.43. The van der Waals surface area contributed by atoms with Crippen molar-refractivity contribution < 1.29 is 4.39 Å². The van der Waals surface area contributed by atoms with Gasteiger partial charge in [0.15, 0.2) is 0 Å². The molecule has 1 unspecified atom stereocenters. The van der Waals surface area contributed by atoms with E-state index < -0.39 is 0 Å². The van der Waals surface area contributed by atoms with E-state index in [1.807, 2.05) is 26.8 Å². The Morgan fingerprint density at radius 1 is 1.29 bits per heavy atom. The predicted octanol–water partition coefficient (Wildman–Crippen LogP) is 3.73. The van der Waals surface area contributed by atoms with Gasteiger partial charge in [-0.05, 0) is 46.0 Å². The zero-order chi connectivity index (χ0) is 10.9. The van der Waals surface area contributed by atoms with Crippen LogP contribution in [0.4, 0.5) is 4.39 Å². The first-order chi connectivity index (χ1) is 6.43. The Balaban J connectivity index is 3.28. The summed E-state index contributed by atoms with van der Waals surface area (Å²) >= 11 is 3.20. The number of benzene rings is 1. The van der Waals surface area contributed by atoms with Crippen LogP contribution in [0.25, 0.3) is 0 Å². The molecular weight excluding hydrogens is 245 g/mol. The van der Waals surface area contributed by atoms with Crippen molar-refractivity contribution in [2.75, 3.05) is 0 Å². The van der Waals surface area contributed by atoms with Gasteiger partial charge in [0, 0.05) is 6.04 Å². The standard InChI is InChI=1S/C11H15BrFN/c1-6(2)9-4-8(7(3)14)5-10(12)11(9)13/h4-7H,14H2,1-3H3. The summed E-state index contributed by atoms with van der Waals surface area (Å²) < 4.78 is 14.1. The van der Waals surface area contributed by atoms with Crippen LogP contribution in [0.2, 0.25) is 0 Å². The molecule has 0 heterocycles. The van der Waals surface area contributed by atoms with Gasteiger partial charge in [-0.1, -0.05) is 19.9 Å². The topological polar surface area (TPSA) is 26.0 Å². The van der Waals surface area contributed by atoms with Crippen LogP contribution in [-0.2, 0) is 0 Å². The van der Waals surface area contributed by atoms with Gasteiger partial charge in [-0.25, -0.2) is 4.39 Å². The summed E-state index contributed by atoms with van der Waals surface area (Å²) in [5, 5.41) is 0. The quantitative estimate of drug-likeness (QED) is 0.861. The predicted molar refractivity (Wildman–Crippen MR) is 60.8 cm³/mol. The van der Waals surface area contributed by atoms with E-state index in [2.05, 4.69) is 15.9 Å². The monoisotopic (exact) mass is 259 g/mol. The summed E-state index contributed by atoms with van der Waals surface area (Å²) in [6.45, 7) is 5.83. The summed E-state index contributed by atoms with van der Waals surface area (Å²) in [6.07, 6.45) is 0. The molecule has 0 saturated heterocycles. The van der Waals surface area contributed by atoms with E-state index in [0.29, 0.717) is 10.0 Å². The highest BCUT2D eigenvalue weighted by Gasteiger charge is 2.13. The third-order valence-corrected chi connectivity index (χ3v) is 2.80. The molecule has 0 bridgehead atoms. The van der Waals surface area contributed by atoms with Gasteiger partial charge in [0.1, 0.15) is 5.82 Å². The van der Waals surface area contributed by atoms with Gasteiger partial charge in [0.2, 0.25) is 0 Å². The van der Waals surface area contributed by atoms with Crippen LogP contribution in [0.15, 0.2) is 16.6 Å². The van der Waals surface area contributed by atoms with Crippen LogP contribution in [0, 0.1) is 5.82 Å². The van der Waals surface area contributed by atoms with E-state index in [4.69, 9.17) is 5.73 Å². The van der Waals surface area contributed by atoms with Gasteiger partial charge in [-0.2, -0.15) is 0 Å². The molecule has 1 atom stereocenters. The van der Waals surface area contributed by atoms with Crippen molar-refractivity contribution in [3.8, 4) is 0 Å². The summed E-state index contributed by atoms with van der Waals surface area (Å²) in [4.78, 5) is 0. The molecule has 1 rings (SSSR count). The lowest BCUT2D eigenvalue weighted by Gasteiger charge is -2.13. The molecule has 3 heteroatoms. The minimum absolute atomic E-state index is 0.0654. The van der Waals surface area contributed by atoms with Crippen molar-refractivity contribution in [3.63, 3.8) is 0 Å². The molecule has 0 spiro atoms. The van der Waals surface area contributed by atoms with Crippen molar-refractivity contribution >= 4 is 15.9 Å². The Morgan fingerprint density at radius 3 is 2.29 bits per heavy atom. The van der Waals surface area contributed by atoms with Gasteiger partial charge in [-0.3, -0.25) is 0 Å². The number of halogens is 2. The molecule has 0 amide bonds. The van der Waals surface area contributed by atoms with E-state index in [-0.39, 0.29) is 17.8 Å². The molecule has 0 aliphatic rings. The highest BCUT2D eigenvalue weighted by Crippen LogP contribution is 2.28. The SMILES string of the molecule is CC(C)c1cc(C(C)N)cc(Br)c1F. The maximum Gasteiger partial charge on any atom is 0.140 e. The molecule has 0 aromatic heterocycles. The Bertz CT molecular complexity index is 334. The van der Waals surface area contributed by atoms with Crippen LogP contribution >= 0.6 is 15.9 Å². The first-order valence-corrected chi connectivity index (χ1v) is 5.47. The molecule has 14 heavy (non-hydrogen) atoms. The Hall–Kier alpha value is -0.410. The van der Waals surface area contributed by atoms with E-state index >= 15 is 0 Å². The summed E-state index contributed by atoms with van der Waals surface area (Å²) in [7, 11) is 0. The summed E-state index contributed by atoms with van der Waals surface area (Å²) in [5.74, 6) is -0.00519. The normalized spacial score (nSPS) is 13.4.